The molecule has 4 heterocycles. The summed E-state index contributed by atoms with van der Waals surface area (Å²) in [6, 6.07) is 4.24. The predicted octanol–water partition coefficient (Wildman–Crippen LogP) is 2.96. The largest absolute Gasteiger partial charge is 0.465 e. The molecule has 1 amide bonds. The molecule has 2 N–H and O–H groups in total. The van der Waals surface area contributed by atoms with E-state index in [0.29, 0.717) is 6.04 Å². The van der Waals surface area contributed by atoms with Crippen molar-refractivity contribution in [3.05, 3.63) is 40.2 Å². The summed E-state index contributed by atoms with van der Waals surface area (Å²) in [5, 5.41) is 7.37. The Morgan fingerprint density at radius 3 is 3.00 bits per heavy atom. The van der Waals surface area contributed by atoms with E-state index in [4.69, 9.17) is 4.42 Å². The number of nitrogens with zero attached hydrogens (tertiary/aromatic N) is 1. The van der Waals surface area contributed by atoms with Gasteiger partial charge in [-0.3, -0.25) is 9.69 Å². The Balaban J connectivity index is 1.67. The fraction of sp³-hybridized carbons (Fsp3) is 0.438. The van der Waals surface area contributed by atoms with Crippen molar-refractivity contribution in [2.75, 3.05) is 11.9 Å². The highest BCUT2D eigenvalue weighted by atomic mass is 32.1. The van der Waals surface area contributed by atoms with Crippen molar-refractivity contribution in [2.45, 2.75) is 39.0 Å². The highest BCUT2D eigenvalue weighted by Crippen LogP contribution is 2.40. The maximum Gasteiger partial charge on any atom is 0.256 e. The average molecular weight is 317 g/mol. The molecule has 5 nitrogen and oxygen atoms in total. The first-order valence-electron chi connectivity index (χ1n) is 7.63. The minimum atomic E-state index is -0.281. The lowest BCUT2D eigenvalue weighted by atomic mass is 10.0. The van der Waals surface area contributed by atoms with Crippen LogP contribution in [-0.2, 0) is 13.0 Å². The molecule has 0 spiro atoms. The van der Waals surface area contributed by atoms with Gasteiger partial charge in [-0.2, -0.15) is 0 Å². The molecule has 4 rings (SSSR count). The number of fused-ring (bicyclic) bond motifs is 3. The lowest BCUT2D eigenvalue weighted by molar-refractivity contribution is 0.0929. The third-order valence-electron chi connectivity index (χ3n) is 4.42. The zero-order valence-corrected chi connectivity index (χ0v) is 13.5. The molecule has 0 radical (unpaired) electrons. The van der Waals surface area contributed by atoms with Crippen LogP contribution < -0.4 is 10.6 Å². The Morgan fingerprint density at radius 1 is 1.41 bits per heavy atom. The zero-order chi connectivity index (χ0) is 15.3. The van der Waals surface area contributed by atoms with Gasteiger partial charge in [-0.25, -0.2) is 0 Å². The molecule has 0 bridgehead atoms. The van der Waals surface area contributed by atoms with Gasteiger partial charge in [-0.05, 0) is 38.0 Å². The molecule has 6 heteroatoms. The molecule has 2 aliphatic rings. The molecule has 0 saturated carbocycles. The lowest BCUT2D eigenvalue weighted by Gasteiger charge is -2.30. The highest BCUT2D eigenvalue weighted by molar-refractivity contribution is 7.16. The van der Waals surface area contributed by atoms with Gasteiger partial charge in [-0.15, -0.1) is 11.3 Å². The first-order valence-corrected chi connectivity index (χ1v) is 8.44. The van der Waals surface area contributed by atoms with Gasteiger partial charge in [0.05, 0.1) is 11.8 Å². The molecular weight excluding hydrogens is 298 g/mol. The SMILES string of the molecule is CC(C)N1CCc2c(sc3c2C(=O)N[C@H](c2ccco2)N3)C1. The molecule has 116 valence electrons. The van der Waals surface area contributed by atoms with Crippen LogP contribution in [0.25, 0.3) is 0 Å². The van der Waals surface area contributed by atoms with E-state index >= 15 is 0 Å². The molecular formula is C16H19N3O2S. The summed E-state index contributed by atoms with van der Waals surface area (Å²) in [5.74, 6) is 0.736. The van der Waals surface area contributed by atoms with Gasteiger partial charge in [0, 0.05) is 24.0 Å². The minimum Gasteiger partial charge on any atom is -0.465 e. The molecule has 0 aliphatic carbocycles. The van der Waals surface area contributed by atoms with Crippen LogP contribution in [0.2, 0.25) is 0 Å². The third-order valence-corrected chi connectivity index (χ3v) is 5.57. The molecule has 22 heavy (non-hydrogen) atoms. The van der Waals surface area contributed by atoms with Crippen molar-refractivity contribution in [2.24, 2.45) is 0 Å². The monoisotopic (exact) mass is 317 g/mol. The molecule has 0 aromatic carbocycles. The maximum absolute atomic E-state index is 12.5. The number of amides is 1. The third kappa shape index (κ3) is 2.14. The second kappa shape index (κ2) is 5.14. The summed E-state index contributed by atoms with van der Waals surface area (Å²) in [6.07, 6.45) is 2.29. The van der Waals surface area contributed by atoms with Gasteiger partial charge in [0.1, 0.15) is 10.8 Å². The summed E-state index contributed by atoms with van der Waals surface area (Å²) in [5.41, 5.74) is 2.06. The Hall–Kier alpha value is -1.79. The Morgan fingerprint density at radius 2 is 2.27 bits per heavy atom. The van der Waals surface area contributed by atoms with Crippen LogP contribution >= 0.6 is 11.3 Å². The summed E-state index contributed by atoms with van der Waals surface area (Å²) in [7, 11) is 0. The lowest BCUT2D eigenvalue weighted by Crippen LogP contribution is -2.39. The van der Waals surface area contributed by atoms with E-state index in [9.17, 15) is 4.79 Å². The maximum atomic E-state index is 12.5. The Labute approximate surface area is 133 Å². The van der Waals surface area contributed by atoms with E-state index in [1.54, 1.807) is 17.6 Å². The second-order valence-corrected chi connectivity index (χ2v) is 7.19. The van der Waals surface area contributed by atoms with Gasteiger partial charge >= 0.3 is 0 Å². The van der Waals surface area contributed by atoms with Gasteiger partial charge in [-0.1, -0.05) is 0 Å². The van der Waals surface area contributed by atoms with E-state index in [0.717, 1.165) is 35.8 Å². The topological polar surface area (TPSA) is 57.5 Å². The molecule has 0 saturated heterocycles. The van der Waals surface area contributed by atoms with Gasteiger partial charge in [0.2, 0.25) is 0 Å². The number of rotatable bonds is 2. The van der Waals surface area contributed by atoms with Crippen molar-refractivity contribution in [3.8, 4) is 0 Å². The summed E-state index contributed by atoms with van der Waals surface area (Å²) < 4.78 is 5.41. The number of thiophene rings is 1. The number of furan rings is 1. The van der Waals surface area contributed by atoms with Crippen LogP contribution in [0.15, 0.2) is 22.8 Å². The normalized spacial score (nSPS) is 21.2. The van der Waals surface area contributed by atoms with Crippen molar-refractivity contribution >= 4 is 22.2 Å². The van der Waals surface area contributed by atoms with Crippen molar-refractivity contribution < 1.29 is 9.21 Å². The fourth-order valence-electron chi connectivity index (χ4n) is 3.17. The van der Waals surface area contributed by atoms with Crippen molar-refractivity contribution in [1.29, 1.82) is 0 Å². The quantitative estimate of drug-likeness (QED) is 0.894. The fourth-order valence-corrected chi connectivity index (χ4v) is 4.47. The Bertz CT molecular complexity index is 705. The van der Waals surface area contributed by atoms with Crippen LogP contribution in [0.5, 0.6) is 0 Å². The summed E-state index contributed by atoms with van der Waals surface area (Å²) >= 11 is 1.71. The first kappa shape index (κ1) is 13.8. The number of carbonyl (C=O) groups is 1. The van der Waals surface area contributed by atoms with Gasteiger partial charge in [0.15, 0.2) is 6.17 Å². The predicted molar refractivity (Wildman–Crippen MR) is 86.1 cm³/mol. The Kier molecular flexibility index (Phi) is 3.23. The van der Waals surface area contributed by atoms with E-state index < -0.39 is 0 Å². The smallest absolute Gasteiger partial charge is 0.256 e. The van der Waals surface area contributed by atoms with E-state index in [1.165, 1.54) is 10.4 Å². The minimum absolute atomic E-state index is 0.00523. The first-order chi connectivity index (χ1) is 10.6. The number of hydrogen-bond donors (Lipinski definition) is 2. The summed E-state index contributed by atoms with van der Waals surface area (Å²) in [6.45, 7) is 6.39. The molecule has 1 atom stereocenters. The van der Waals surface area contributed by atoms with E-state index in [2.05, 4.69) is 29.4 Å². The van der Waals surface area contributed by atoms with Gasteiger partial charge in [0.25, 0.3) is 5.91 Å². The van der Waals surface area contributed by atoms with E-state index in [1.807, 2.05) is 12.1 Å². The average Bonchev–Trinajstić information content (AvgIpc) is 3.13. The molecule has 0 fully saturated rings. The molecule has 0 unspecified atom stereocenters. The number of hydrogen-bond acceptors (Lipinski definition) is 5. The standard InChI is InChI=1S/C16H19N3O2S/c1-9(2)19-6-5-10-12(8-19)22-16-13(10)15(20)17-14(18-16)11-4-3-7-21-11/h3-4,7,9,14,18H,5-6,8H2,1-2H3,(H,17,20)/t14-/m0/s1. The van der Waals surface area contributed by atoms with Crippen molar-refractivity contribution in [3.63, 3.8) is 0 Å². The zero-order valence-electron chi connectivity index (χ0n) is 12.7. The summed E-state index contributed by atoms with van der Waals surface area (Å²) in [4.78, 5) is 16.3. The molecule has 2 aromatic heterocycles. The molecule has 2 aromatic rings. The molecule has 2 aliphatic heterocycles. The van der Waals surface area contributed by atoms with Crippen LogP contribution in [0.4, 0.5) is 5.00 Å². The van der Waals surface area contributed by atoms with Crippen LogP contribution in [-0.4, -0.2) is 23.4 Å². The number of carbonyl (C=O) groups excluding carboxylic acids is 1. The van der Waals surface area contributed by atoms with Crippen LogP contribution in [0, 0.1) is 0 Å². The van der Waals surface area contributed by atoms with Crippen molar-refractivity contribution in [1.82, 2.24) is 10.2 Å². The number of nitrogens with one attached hydrogen (secondary N) is 2. The van der Waals surface area contributed by atoms with Crippen LogP contribution in [0.1, 0.15) is 46.6 Å². The second-order valence-electron chi connectivity index (χ2n) is 6.09. The van der Waals surface area contributed by atoms with Crippen LogP contribution in [0.3, 0.4) is 0 Å². The van der Waals surface area contributed by atoms with Gasteiger partial charge < -0.3 is 15.1 Å². The highest BCUT2D eigenvalue weighted by Gasteiger charge is 2.34. The number of anilines is 1. The van der Waals surface area contributed by atoms with E-state index in [-0.39, 0.29) is 12.1 Å².